The molecule has 2 fully saturated rings. The van der Waals surface area contributed by atoms with E-state index < -0.39 is 41.7 Å². The molecule has 9 rings (SSSR count). The van der Waals surface area contributed by atoms with Gasteiger partial charge in [-0.2, -0.15) is 5.10 Å². The Morgan fingerprint density at radius 1 is 0.912 bits per heavy atom. The van der Waals surface area contributed by atoms with Crippen LogP contribution in [0.25, 0.3) is 32.8 Å². The number of nitrogens with zero attached hydrogens (tertiary/aromatic N) is 6. The number of imide groups is 2. The van der Waals surface area contributed by atoms with Crippen molar-refractivity contribution in [2.24, 2.45) is 7.05 Å². The molecule has 2 aromatic heterocycles. The van der Waals surface area contributed by atoms with Gasteiger partial charge in [-0.3, -0.25) is 43.8 Å². The monoisotopic (exact) mass is 945 g/mol. The molecule has 5 heterocycles. The predicted octanol–water partition coefficient (Wildman–Crippen LogP) is 6.33. The summed E-state index contributed by atoms with van der Waals surface area (Å²) in [5.74, 6) is -3.72. The molecule has 352 valence electrons. The lowest BCUT2D eigenvalue weighted by molar-refractivity contribution is -0.140. The number of piperazine rings is 1. The summed E-state index contributed by atoms with van der Waals surface area (Å²) in [5.41, 5.74) is 4.64. The number of ether oxygens (including phenoxy) is 2. The Bertz CT molecular complexity index is 3080. The largest absolute Gasteiger partial charge is 0.493 e. The Labute approximate surface area is 395 Å². The first-order chi connectivity index (χ1) is 32.6. The van der Waals surface area contributed by atoms with E-state index in [-0.39, 0.29) is 53.7 Å². The van der Waals surface area contributed by atoms with E-state index >= 15 is 0 Å². The molecule has 6 aromatic rings. The van der Waals surface area contributed by atoms with E-state index in [1.807, 2.05) is 43.7 Å². The number of aryl methyl sites for hydroxylation is 3. The lowest BCUT2D eigenvalue weighted by Gasteiger charge is -2.36. The van der Waals surface area contributed by atoms with Crippen LogP contribution in [0.4, 0.5) is 4.39 Å². The molecule has 5 amide bonds. The first-order valence-corrected chi connectivity index (χ1v) is 22.9. The molecule has 2 saturated heterocycles. The molecular weight excluding hydrogens is 897 g/mol. The third kappa shape index (κ3) is 8.33. The number of hydrogen-bond donors (Lipinski definition) is 2. The summed E-state index contributed by atoms with van der Waals surface area (Å²) in [6, 6.07) is 17.0. The molecular formula is C50H49ClFN7O9. The van der Waals surface area contributed by atoms with Gasteiger partial charge in [0.15, 0.2) is 6.10 Å². The normalized spacial score (nSPS) is 17.0. The summed E-state index contributed by atoms with van der Waals surface area (Å²) in [6.07, 6.45) is -0.176. The van der Waals surface area contributed by atoms with Crippen molar-refractivity contribution in [3.63, 3.8) is 0 Å². The summed E-state index contributed by atoms with van der Waals surface area (Å²) in [7, 11) is 1.85. The van der Waals surface area contributed by atoms with E-state index in [9.17, 15) is 38.3 Å². The highest BCUT2D eigenvalue weighted by Crippen LogP contribution is 2.42. The highest BCUT2D eigenvalue weighted by molar-refractivity contribution is 6.35. The Kier molecular flexibility index (Phi) is 12.5. The SMILES string of the molecule is Cc1nn(C)c(C)c1-c1c(Cl)ccc2c(CCCOc3cccc4cc(F)ccc34)c(C(=O)O)n(CCN3CCN(C(=O)[C@@H](C)Oc4cccc5c4C(=O)N([C@H]4CCC(=O)NC4=O)C5=O)CC3)c12. The molecule has 18 heteroatoms. The molecule has 3 aliphatic rings. The molecule has 2 atom stereocenters. The Morgan fingerprint density at radius 2 is 1.65 bits per heavy atom. The number of benzene rings is 4. The number of carboxylic acid groups (broad SMARTS) is 1. The van der Waals surface area contributed by atoms with Gasteiger partial charge in [-0.25, -0.2) is 9.18 Å². The molecule has 0 spiro atoms. The molecule has 2 N–H and O–H groups in total. The van der Waals surface area contributed by atoms with Crippen LogP contribution in [0.3, 0.4) is 0 Å². The van der Waals surface area contributed by atoms with Gasteiger partial charge in [0, 0.05) is 80.3 Å². The molecule has 0 saturated carbocycles. The quantitative estimate of drug-likeness (QED) is 0.0919. The van der Waals surface area contributed by atoms with Crippen molar-refractivity contribution in [3.8, 4) is 22.6 Å². The molecule has 0 aliphatic carbocycles. The van der Waals surface area contributed by atoms with Crippen molar-refractivity contribution in [2.45, 2.75) is 65.1 Å². The fourth-order valence-corrected chi connectivity index (χ4v) is 10.1. The molecule has 0 bridgehead atoms. The topological polar surface area (TPSA) is 186 Å². The highest BCUT2D eigenvalue weighted by atomic mass is 35.5. The molecule has 3 aliphatic heterocycles. The second-order valence-electron chi connectivity index (χ2n) is 17.4. The number of hydrogen-bond acceptors (Lipinski definition) is 10. The van der Waals surface area contributed by atoms with E-state index in [1.165, 1.54) is 24.3 Å². The van der Waals surface area contributed by atoms with Gasteiger partial charge in [0.1, 0.15) is 29.1 Å². The molecule has 16 nitrogen and oxygen atoms in total. The van der Waals surface area contributed by atoms with Crippen LogP contribution in [0.1, 0.15) is 74.3 Å². The van der Waals surface area contributed by atoms with Gasteiger partial charge in [-0.1, -0.05) is 35.9 Å². The van der Waals surface area contributed by atoms with Crippen LogP contribution in [-0.2, 0) is 34.4 Å². The minimum atomic E-state index is -1.14. The van der Waals surface area contributed by atoms with Gasteiger partial charge >= 0.3 is 5.97 Å². The van der Waals surface area contributed by atoms with Crippen LogP contribution in [0, 0.1) is 19.7 Å². The van der Waals surface area contributed by atoms with Gasteiger partial charge < -0.3 is 24.0 Å². The Balaban J connectivity index is 0.912. The lowest BCUT2D eigenvalue weighted by atomic mass is 9.98. The van der Waals surface area contributed by atoms with Gasteiger partial charge in [0.25, 0.3) is 17.7 Å². The van der Waals surface area contributed by atoms with E-state index in [1.54, 1.807) is 40.8 Å². The zero-order valence-corrected chi connectivity index (χ0v) is 38.7. The third-order valence-electron chi connectivity index (χ3n) is 13.3. The Hall–Kier alpha value is -7.11. The van der Waals surface area contributed by atoms with Gasteiger partial charge in [0.05, 0.1) is 34.0 Å². The van der Waals surface area contributed by atoms with Gasteiger partial charge in [-0.05, 0) is 93.4 Å². The van der Waals surface area contributed by atoms with Gasteiger partial charge in [-0.15, -0.1) is 0 Å². The van der Waals surface area contributed by atoms with E-state index in [2.05, 4.69) is 15.3 Å². The lowest BCUT2D eigenvalue weighted by Crippen LogP contribution is -2.54. The minimum absolute atomic E-state index is 0.00675. The molecule has 68 heavy (non-hydrogen) atoms. The van der Waals surface area contributed by atoms with Crippen LogP contribution in [0.15, 0.2) is 66.7 Å². The van der Waals surface area contributed by atoms with Crippen molar-refractivity contribution in [2.75, 3.05) is 39.3 Å². The summed E-state index contributed by atoms with van der Waals surface area (Å²) in [5, 5.41) is 20.5. The van der Waals surface area contributed by atoms with Crippen LogP contribution in [-0.4, -0.2) is 121 Å². The predicted molar refractivity (Wildman–Crippen MR) is 250 cm³/mol. The average molecular weight is 946 g/mol. The second kappa shape index (κ2) is 18.5. The number of amides is 5. The van der Waals surface area contributed by atoms with E-state index in [0.29, 0.717) is 84.9 Å². The third-order valence-corrected chi connectivity index (χ3v) is 13.6. The number of rotatable bonds is 14. The number of aromatic carboxylic acids is 1. The van der Waals surface area contributed by atoms with Crippen molar-refractivity contribution in [1.82, 2.24) is 34.4 Å². The van der Waals surface area contributed by atoms with Crippen molar-refractivity contribution in [3.05, 3.63) is 111 Å². The zero-order valence-electron chi connectivity index (χ0n) is 37.9. The standard InChI is InChI=1S/C50H49ClFN7O9/c1-27-41(28(2)55(4)54-27)43-36(51)16-15-34-33(10-7-25-67-38-11-5-8-30-26-31(52)13-14-32(30)38)45(50(65)66)58(44(34)43)24-21-56-19-22-57(23-20-56)47(62)29(3)68-39-12-6-9-35-42(39)49(64)59(48(35)63)37-17-18-40(60)53-46(37)61/h5-6,8-9,11-16,26,29,37H,7,10,17-25H2,1-4H3,(H,65,66)(H,53,60,61)/t29-,37+/m1/s1. The summed E-state index contributed by atoms with van der Waals surface area (Å²) in [6.45, 7) is 8.11. The fourth-order valence-electron chi connectivity index (χ4n) is 9.88. The van der Waals surface area contributed by atoms with Crippen molar-refractivity contribution >= 4 is 68.8 Å². The van der Waals surface area contributed by atoms with Crippen LogP contribution >= 0.6 is 11.6 Å². The van der Waals surface area contributed by atoms with Gasteiger partial charge in [0.2, 0.25) is 11.8 Å². The Morgan fingerprint density at radius 3 is 2.37 bits per heavy atom. The maximum atomic E-state index is 14.0. The average Bonchev–Trinajstić information content (AvgIpc) is 3.87. The van der Waals surface area contributed by atoms with Crippen LogP contribution in [0.2, 0.25) is 5.02 Å². The summed E-state index contributed by atoms with van der Waals surface area (Å²) in [4.78, 5) is 83.3. The number of piperidine rings is 1. The van der Waals surface area contributed by atoms with Crippen molar-refractivity contribution in [1.29, 1.82) is 0 Å². The number of aromatic nitrogens is 3. The van der Waals surface area contributed by atoms with Crippen LogP contribution < -0.4 is 14.8 Å². The maximum Gasteiger partial charge on any atom is 0.352 e. The first kappa shape index (κ1) is 46.0. The highest BCUT2D eigenvalue weighted by Gasteiger charge is 2.46. The number of nitrogens with one attached hydrogen (secondary N) is 1. The number of carbonyl (C=O) groups excluding carboxylic acids is 5. The smallest absolute Gasteiger partial charge is 0.352 e. The first-order valence-electron chi connectivity index (χ1n) is 22.5. The second-order valence-corrected chi connectivity index (χ2v) is 17.8. The summed E-state index contributed by atoms with van der Waals surface area (Å²) < 4.78 is 29.9. The number of fused-ring (bicyclic) bond motifs is 3. The van der Waals surface area contributed by atoms with Crippen LogP contribution in [0.5, 0.6) is 11.5 Å². The summed E-state index contributed by atoms with van der Waals surface area (Å²) >= 11 is 7.06. The minimum Gasteiger partial charge on any atom is -0.493 e. The maximum absolute atomic E-state index is 14.0. The van der Waals surface area contributed by atoms with E-state index in [4.69, 9.17) is 21.1 Å². The van der Waals surface area contributed by atoms with Crippen molar-refractivity contribution < 1.29 is 47.7 Å². The van der Waals surface area contributed by atoms with E-state index in [0.717, 1.165) is 32.6 Å². The number of carbonyl (C=O) groups is 6. The number of carboxylic acids is 1. The zero-order chi connectivity index (χ0) is 48.1. The fraction of sp³-hybridized carbons (Fsp3) is 0.340. The molecule has 0 unspecified atom stereocenters. The molecule has 4 aromatic carbocycles. The number of halogens is 2. The molecule has 0 radical (unpaired) electrons.